The highest BCUT2D eigenvalue weighted by molar-refractivity contribution is 8.78. The van der Waals surface area contributed by atoms with Crippen molar-refractivity contribution in [3.05, 3.63) is 41.2 Å². The zero-order chi connectivity index (χ0) is 26.9. The quantitative estimate of drug-likeness (QED) is 0.263. The molecule has 3 unspecified atom stereocenters. The minimum absolute atomic E-state index is 0.0741. The number of hydrogen-bond acceptors (Lipinski definition) is 11. The average molecular weight is 560 g/mol. The molecule has 8 aliphatic rings. The van der Waals surface area contributed by atoms with E-state index in [1.165, 1.54) is 0 Å². The van der Waals surface area contributed by atoms with Gasteiger partial charge < -0.3 is 35.4 Å². The molecule has 2 bridgehead atoms. The van der Waals surface area contributed by atoms with E-state index in [0.717, 1.165) is 31.4 Å². The highest BCUT2D eigenvalue weighted by Gasteiger charge is 2.89. The maximum Gasteiger partial charge on any atom is 0.266 e. The molecule has 2 spiro atoms. The fourth-order valence-corrected chi connectivity index (χ4v) is 11.7. The Kier molecular flexibility index (Phi) is 3.95. The first-order chi connectivity index (χ1) is 17.8. The van der Waals surface area contributed by atoms with Gasteiger partial charge in [-0.1, -0.05) is 32.0 Å². The second-order valence-corrected chi connectivity index (χ2v) is 14.4. The minimum atomic E-state index is -2.46. The molecule has 0 radical (unpaired) electrons. The molecule has 9 atom stereocenters. The van der Waals surface area contributed by atoms with Crippen molar-refractivity contribution in [3.8, 4) is 0 Å². The van der Waals surface area contributed by atoms with Crippen molar-refractivity contribution in [3.63, 3.8) is 0 Å². The Balaban J connectivity index is 1.31. The van der Waals surface area contributed by atoms with Crippen LogP contribution in [0.4, 0.5) is 5.69 Å². The molecule has 5 fully saturated rings. The second kappa shape index (κ2) is 6.37. The molecule has 11 nitrogen and oxygen atoms in total. The second-order valence-electron chi connectivity index (χ2n) is 11.8. The molecular formula is C25H25N3O8S2. The Morgan fingerprint density at radius 1 is 0.974 bits per heavy atom. The summed E-state index contributed by atoms with van der Waals surface area (Å²) in [5.74, 6) is -1.95. The van der Waals surface area contributed by atoms with Crippen LogP contribution in [0.1, 0.15) is 32.8 Å². The van der Waals surface area contributed by atoms with Crippen molar-refractivity contribution in [1.82, 2.24) is 9.80 Å². The van der Waals surface area contributed by atoms with E-state index in [-0.39, 0.29) is 18.1 Å². The first-order valence-corrected chi connectivity index (χ1v) is 14.6. The van der Waals surface area contributed by atoms with Crippen LogP contribution in [0.2, 0.25) is 0 Å². The van der Waals surface area contributed by atoms with Crippen molar-refractivity contribution in [1.29, 1.82) is 0 Å². The van der Waals surface area contributed by atoms with Crippen LogP contribution >= 0.6 is 21.6 Å². The molecule has 7 heterocycles. The molecule has 0 saturated carbocycles. The number of benzene rings is 1. The number of hydrogen-bond donors (Lipinski definition) is 5. The number of carbonyl (C=O) groups excluding carboxylic acids is 3. The number of ether oxygens (including phenoxy) is 1. The van der Waals surface area contributed by atoms with E-state index >= 15 is 0 Å². The lowest BCUT2D eigenvalue weighted by Gasteiger charge is -2.58. The normalized spacial score (nSPS) is 48.8. The van der Waals surface area contributed by atoms with Gasteiger partial charge >= 0.3 is 0 Å². The average Bonchev–Trinajstić information content (AvgIpc) is 3.44. The Morgan fingerprint density at radius 3 is 2.29 bits per heavy atom. The number of Topliss-reactive ketones (excluding diaryl/α,β-unsaturated/α-hetero) is 1. The van der Waals surface area contributed by atoms with Crippen LogP contribution in [0.3, 0.4) is 0 Å². The number of amides is 2. The Bertz CT molecular complexity index is 1450. The van der Waals surface area contributed by atoms with E-state index in [9.17, 15) is 34.8 Å². The molecular weight excluding hydrogens is 534 g/mol. The topological polar surface area (TPSA) is 160 Å². The molecule has 1 aromatic carbocycles. The maximum atomic E-state index is 14.4. The lowest BCUT2D eigenvalue weighted by atomic mass is 9.68. The van der Waals surface area contributed by atoms with E-state index in [1.54, 1.807) is 24.3 Å². The number of para-hydroxylation sites is 1. The maximum absolute atomic E-state index is 14.4. The zero-order valence-electron chi connectivity index (χ0n) is 20.5. The van der Waals surface area contributed by atoms with Crippen molar-refractivity contribution in [2.45, 2.75) is 78.7 Å². The summed E-state index contributed by atoms with van der Waals surface area (Å²) in [5, 5.41) is 50.5. The lowest BCUT2D eigenvalue weighted by molar-refractivity contribution is -0.171. The number of piperazine rings is 1. The molecule has 1 aromatic rings. The van der Waals surface area contributed by atoms with Gasteiger partial charge in [0, 0.05) is 28.7 Å². The first-order valence-electron chi connectivity index (χ1n) is 12.5. The smallest absolute Gasteiger partial charge is 0.266 e. The number of ketones is 1. The summed E-state index contributed by atoms with van der Waals surface area (Å²) < 4.78 is 6.00. The Morgan fingerprint density at radius 2 is 1.58 bits per heavy atom. The zero-order valence-corrected chi connectivity index (χ0v) is 22.2. The van der Waals surface area contributed by atoms with Crippen molar-refractivity contribution < 1.29 is 39.5 Å². The number of nitrogens with zero attached hydrogens (tertiary/aromatic N) is 2. The summed E-state index contributed by atoms with van der Waals surface area (Å²) in [7, 11) is 1.72. The summed E-state index contributed by atoms with van der Waals surface area (Å²) in [6.45, 7) is 5.44. The fraction of sp³-hybridized carbons (Fsp3) is 0.560. The van der Waals surface area contributed by atoms with Crippen molar-refractivity contribution in [2.75, 3.05) is 5.32 Å². The molecule has 13 heteroatoms. The number of nitrogens with one attached hydrogen (secondary N) is 1. The first kappa shape index (κ1) is 23.6. The number of anilines is 1. The number of fused-ring (bicyclic) bond motifs is 5. The van der Waals surface area contributed by atoms with Gasteiger partial charge in [0.2, 0.25) is 9.74 Å². The molecule has 0 aromatic heterocycles. The molecule has 2 amide bonds. The van der Waals surface area contributed by atoms with Crippen LogP contribution in [0.25, 0.3) is 0 Å². The van der Waals surface area contributed by atoms with Gasteiger partial charge in [-0.05, 0) is 34.6 Å². The molecule has 200 valence electrons. The van der Waals surface area contributed by atoms with Crippen molar-refractivity contribution >= 4 is 44.9 Å². The third-order valence-corrected chi connectivity index (χ3v) is 13.6. The van der Waals surface area contributed by atoms with Crippen LogP contribution in [0.5, 0.6) is 0 Å². The predicted molar refractivity (Wildman–Crippen MR) is 134 cm³/mol. The standard InChI is InChI=1S/C25H25N3O8S2/c1-9-21(2,3)14-12(36-9)8-13-23(35,15(14)29)17(31)24-20(33)28-18-22(34,10-6-4-5-7-11(10)26-18)16(30)25(28,38-37-24)19(32)27(13)24/h4-7,9,13,16-18,26,30-31,34-35H,8H2,1-3H3/t9-,13?,16+,17+,18+,22?,23?,24+,25+/m1/s1. The summed E-state index contributed by atoms with van der Waals surface area (Å²) in [5.41, 5.74) is -4.11. The van der Waals surface area contributed by atoms with Crippen LogP contribution in [-0.4, -0.2) is 93.7 Å². The van der Waals surface area contributed by atoms with Gasteiger partial charge in [0.05, 0.1) is 6.04 Å². The molecule has 1 aliphatic carbocycles. The largest absolute Gasteiger partial charge is 0.494 e. The molecule has 5 saturated heterocycles. The Labute approximate surface area is 224 Å². The fourth-order valence-electron chi connectivity index (χ4n) is 7.75. The summed E-state index contributed by atoms with van der Waals surface area (Å²) >= 11 is 0. The van der Waals surface area contributed by atoms with Crippen LogP contribution in [0, 0.1) is 5.41 Å². The van der Waals surface area contributed by atoms with Gasteiger partial charge in [0.25, 0.3) is 11.8 Å². The van der Waals surface area contributed by atoms with Crippen LogP contribution < -0.4 is 5.32 Å². The predicted octanol–water partition coefficient (Wildman–Crippen LogP) is -0.395. The SMILES string of the molecule is C[C@H]1OC2=C(C(=O)C3(O)C(C2)N2C(=O)[C@]45SS[C@]2(C(=O)N4[C@@H]2Nc4ccccc4C2(O)[C@@H]5O)[C@H]3O)C1(C)C. The molecule has 38 heavy (non-hydrogen) atoms. The highest BCUT2D eigenvalue weighted by Crippen LogP contribution is 2.72. The minimum Gasteiger partial charge on any atom is -0.494 e. The third-order valence-electron chi connectivity index (χ3n) is 10.0. The summed E-state index contributed by atoms with van der Waals surface area (Å²) in [4.78, 5) is 41.1. The highest BCUT2D eigenvalue weighted by atomic mass is 33.1. The van der Waals surface area contributed by atoms with E-state index in [4.69, 9.17) is 4.74 Å². The van der Waals surface area contributed by atoms with Crippen LogP contribution in [0.15, 0.2) is 35.6 Å². The monoisotopic (exact) mass is 559 g/mol. The summed E-state index contributed by atoms with van der Waals surface area (Å²) in [6, 6.07) is 5.46. The van der Waals surface area contributed by atoms with E-state index in [2.05, 4.69) is 5.32 Å². The number of aliphatic hydroxyl groups excluding tert-OH is 2. The van der Waals surface area contributed by atoms with Gasteiger partial charge in [-0.2, -0.15) is 0 Å². The van der Waals surface area contributed by atoms with Gasteiger partial charge in [-0.15, -0.1) is 0 Å². The molecule has 5 N–H and O–H groups in total. The number of aliphatic hydroxyl groups is 4. The number of rotatable bonds is 0. The Hall–Kier alpha value is -2.29. The van der Waals surface area contributed by atoms with E-state index < -0.39 is 68.4 Å². The van der Waals surface area contributed by atoms with Gasteiger partial charge in [0.15, 0.2) is 17.0 Å². The van der Waals surface area contributed by atoms with Gasteiger partial charge in [-0.25, -0.2) is 0 Å². The summed E-state index contributed by atoms with van der Waals surface area (Å²) in [6.07, 6.45) is -5.36. The van der Waals surface area contributed by atoms with Gasteiger partial charge in [-0.3, -0.25) is 19.3 Å². The number of carbonyl (C=O) groups is 3. The van der Waals surface area contributed by atoms with Crippen LogP contribution in [-0.2, 0) is 24.7 Å². The van der Waals surface area contributed by atoms with E-state index in [1.807, 2.05) is 20.8 Å². The lowest BCUT2D eigenvalue weighted by Crippen LogP contribution is -2.79. The molecule has 9 rings (SSSR count). The molecule has 7 aliphatic heterocycles. The van der Waals surface area contributed by atoms with Gasteiger partial charge in [0.1, 0.15) is 30.2 Å². The van der Waals surface area contributed by atoms with E-state index in [0.29, 0.717) is 17.0 Å². The van der Waals surface area contributed by atoms with Crippen molar-refractivity contribution in [2.24, 2.45) is 5.41 Å². The third kappa shape index (κ3) is 1.96.